The van der Waals surface area contributed by atoms with Crippen LogP contribution in [-0.2, 0) is 14.4 Å². The molecule has 126 valence electrons. The van der Waals surface area contributed by atoms with Gasteiger partial charge in [0.25, 0.3) is 0 Å². The molecule has 1 N–H and O–H groups in total. The van der Waals surface area contributed by atoms with Crippen LogP contribution in [0.5, 0.6) is 0 Å². The highest BCUT2D eigenvalue weighted by Gasteiger charge is 2.41. The van der Waals surface area contributed by atoms with Gasteiger partial charge >= 0.3 is 0 Å². The van der Waals surface area contributed by atoms with Crippen LogP contribution in [0.2, 0.25) is 0 Å². The molecule has 0 aromatic heterocycles. The lowest BCUT2D eigenvalue weighted by molar-refractivity contribution is -0.130. The summed E-state index contributed by atoms with van der Waals surface area (Å²) in [6.07, 6.45) is 4.66. The predicted molar refractivity (Wildman–Crippen MR) is 89.5 cm³/mol. The van der Waals surface area contributed by atoms with E-state index in [1.54, 1.807) is 6.07 Å². The van der Waals surface area contributed by atoms with E-state index in [0.29, 0.717) is 24.0 Å². The first-order valence-electron chi connectivity index (χ1n) is 8.63. The lowest BCUT2D eigenvalue weighted by Crippen LogP contribution is -2.45. The van der Waals surface area contributed by atoms with Gasteiger partial charge in [-0.25, -0.2) is 0 Å². The first-order chi connectivity index (χ1) is 11.6. The maximum atomic E-state index is 13.0. The van der Waals surface area contributed by atoms with Crippen molar-refractivity contribution >= 4 is 29.1 Å². The molecule has 1 aliphatic carbocycles. The number of amides is 3. The lowest BCUT2D eigenvalue weighted by Gasteiger charge is -2.31. The summed E-state index contributed by atoms with van der Waals surface area (Å²) in [4.78, 5) is 40.7. The first-order valence-corrected chi connectivity index (χ1v) is 8.63. The largest absolute Gasteiger partial charge is 0.339 e. The molecule has 2 heterocycles. The third-order valence-electron chi connectivity index (χ3n) is 5.31. The summed E-state index contributed by atoms with van der Waals surface area (Å²) in [5.74, 6) is -0.586. The molecule has 1 aromatic carbocycles. The van der Waals surface area contributed by atoms with Crippen molar-refractivity contribution in [2.24, 2.45) is 5.92 Å². The second kappa shape index (κ2) is 5.92. The van der Waals surface area contributed by atoms with Gasteiger partial charge in [-0.1, -0.05) is 25.0 Å². The van der Waals surface area contributed by atoms with Crippen molar-refractivity contribution in [3.05, 3.63) is 24.3 Å². The number of rotatable bonds is 2. The zero-order valence-corrected chi connectivity index (χ0v) is 13.5. The summed E-state index contributed by atoms with van der Waals surface area (Å²) in [6.45, 7) is 0.507. The Kier molecular flexibility index (Phi) is 3.75. The standard InChI is InChI=1S/C18H21N3O3/c22-16-11-21(15-8-4-3-7-14(15)19-16)18(24)12-9-17(23)20(10-12)13-5-1-2-6-13/h3-4,7-8,12-13H,1-2,5-6,9-11H2,(H,19,22)/t12-/m1/s1. The van der Waals surface area contributed by atoms with Crippen molar-refractivity contribution in [3.63, 3.8) is 0 Å². The quantitative estimate of drug-likeness (QED) is 0.900. The number of likely N-dealkylation sites (tertiary alicyclic amines) is 1. The molecule has 0 bridgehead atoms. The van der Waals surface area contributed by atoms with Crippen molar-refractivity contribution in [2.45, 2.75) is 38.1 Å². The molecular formula is C18H21N3O3. The molecule has 4 rings (SSSR count). The van der Waals surface area contributed by atoms with Gasteiger partial charge < -0.3 is 15.1 Å². The Hall–Kier alpha value is -2.37. The molecule has 6 heteroatoms. The number of hydrogen-bond acceptors (Lipinski definition) is 3. The number of para-hydroxylation sites is 2. The maximum absolute atomic E-state index is 13.0. The smallest absolute Gasteiger partial charge is 0.244 e. The summed E-state index contributed by atoms with van der Waals surface area (Å²) >= 11 is 0. The van der Waals surface area contributed by atoms with E-state index in [0.717, 1.165) is 25.7 Å². The van der Waals surface area contributed by atoms with Gasteiger partial charge in [-0.05, 0) is 25.0 Å². The molecule has 0 radical (unpaired) electrons. The van der Waals surface area contributed by atoms with Gasteiger partial charge in [-0.15, -0.1) is 0 Å². The fourth-order valence-corrected chi connectivity index (χ4v) is 4.12. The van der Waals surface area contributed by atoms with Gasteiger partial charge in [0.05, 0.1) is 17.3 Å². The van der Waals surface area contributed by atoms with Crippen molar-refractivity contribution in [3.8, 4) is 0 Å². The lowest BCUT2D eigenvalue weighted by atomic mass is 10.1. The molecule has 0 spiro atoms. The highest BCUT2D eigenvalue weighted by atomic mass is 16.2. The zero-order chi connectivity index (χ0) is 16.7. The van der Waals surface area contributed by atoms with E-state index in [9.17, 15) is 14.4 Å². The fourth-order valence-electron chi connectivity index (χ4n) is 4.12. The Morgan fingerprint density at radius 1 is 1.12 bits per heavy atom. The van der Waals surface area contributed by atoms with E-state index < -0.39 is 0 Å². The average Bonchev–Trinajstić information content (AvgIpc) is 3.22. The first kappa shape index (κ1) is 15.2. The fraction of sp³-hybridized carbons (Fsp3) is 0.500. The van der Waals surface area contributed by atoms with Gasteiger partial charge in [0.2, 0.25) is 17.7 Å². The van der Waals surface area contributed by atoms with E-state index in [2.05, 4.69) is 5.32 Å². The number of carbonyl (C=O) groups excluding carboxylic acids is 3. The number of nitrogens with one attached hydrogen (secondary N) is 1. The third-order valence-corrected chi connectivity index (χ3v) is 5.31. The topological polar surface area (TPSA) is 69.7 Å². The molecular weight excluding hydrogens is 306 g/mol. The number of anilines is 2. The summed E-state index contributed by atoms with van der Waals surface area (Å²) in [5.41, 5.74) is 1.37. The zero-order valence-electron chi connectivity index (χ0n) is 13.5. The minimum Gasteiger partial charge on any atom is -0.339 e. The summed E-state index contributed by atoms with van der Waals surface area (Å²) in [7, 11) is 0. The molecule has 3 amide bonds. The van der Waals surface area contributed by atoms with Crippen LogP contribution in [0.3, 0.4) is 0 Å². The Morgan fingerprint density at radius 3 is 2.67 bits per heavy atom. The van der Waals surface area contributed by atoms with Gasteiger partial charge in [0, 0.05) is 19.0 Å². The van der Waals surface area contributed by atoms with Crippen LogP contribution >= 0.6 is 0 Å². The monoisotopic (exact) mass is 327 g/mol. The van der Waals surface area contributed by atoms with E-state index in [1.165, 1.54) is 4.90 Å². The van der Waals surface area contributed by atoms with Gasteiger partial charge in [-0.2, -0.15) is 0 Å². The van der Waals surface area contributed by atoms with Crippen LogP contribution in [-0.4, -0.2) is 41.8 Å². The molecule has 2 fully saturated rings. The predicted octanol–water partition coefficient (Wildman–Crippen LogP) is 1.76. The second-order valence-corrected chi connectivity index (χ2v) is 6.88. The van der Waals surface area contributed by atoms with E-state index in [4.69, 9.17) is 0 Å². The van der Waals surface area contributed by atoms with Gasteiger partial charge in [-0.3, -0.25) is 14.4 Å². The molecule has 1 saturated heterocycles. The number of benzene rings is 1. The maximum Gasteiger partial charge on any atom is 0.244 e. The van der Waals surface area contributed by atoms with Gasteiger partial charge in [0.15, 0.2) is 0 Å². The second-order valence-electron chi connectivity index (χ2n) is 6.88. The summed E-state index contributed by atoms with van der Waals surface area (Å²) in [5, 5.41) is 2.79. The highest BCUT2D eigenvalue weighted by molar-refractivity contribution is 6.11. The van der Waals surface area contributed by atoms with Crippen molar-refractivity contribution in [1.29, 1.82) is 0 Å². The molecule has 1 aromatic rings. The van der Waals surface area contributed by atoms with E-state index in [-0.39, 0.29) is 36.6 Å². The molecule has 2 aliphatic heterocycles. The van der Waals surface area contributed by atoms with Gasteiger partial charge in [0.1, 0.15) is 6.54 Å². The molecule has 6 nitrogen and oxygen atoms in total. The van der Waals surface area contributed by atoms with Crippen LogP contribution in [0.4, 0.5) is 11.4 Å². The Bertz CT molecular complexity index is 697. The number of fused-ring (bicyclic) bond motifs is 1. The normalized spacial score (nSPS) is 24.2. The molecule has 1 atom stereocenters. The van der Waals surface area contributed by atoms with Crippen molar-refractivity contribution in [2.75, 3.05) is 23.3 Å². The number of nitrogens with zero attached hydrogens (tertiary/aromatic N) is 2. The highest BCUT2D eigenvalue weighted by Crippen LogP contribution is 2.34. The molecule has 24 heavy (non-hydrogen) atoms. The van der Waals surface area contributed by atoms with Crippen LogP contribution in [0.15, 0.2) is 24.3 Å². The SMILES string of the molecule is O=C1CN(C(=O)[C@@H]2CC(=O)N(C3CCCC3)C2)c2ccccc2N1. The van der Waals surface area contributed by atoms with E-state index in [1.807, 2.05) is 23.1 Å². The molecule has 3 aliphatic rings. The van der Waals surface area contributed by atoms with Crippen molar-refractivity contribution < 1.29 is 14.4 Å². The Morgan fingerprint density at radius 2 is 1.88 bits per heavy atom. The van der Waals surface area contributed by atoms with Crippen LogP contribution < -0.4 is 10.2 Å². The summed E-state index contributed by atoms with van der Waals surface area (Å²) < 4.78 is 0. The average molecular weight is 327 g/mol. The Labute approximate surface area is 140 Å². The van der Waals surface area contributed by atoms with Crippen LogP contribution in [0.1, 0.15) is 32.1 Å². The Balaban J connectivity index is 1.54. The third kappa shape index (κ3) is 2.56. The summed E-state index contributed by atoms with van der Waals surface area (Å²) in [6, 6.07) is 7.59. The number of hydrogen-bond donors (Lipinski definition) is 1. The van der Waals surface area contributed by atoms with Crippen LogP contribution in [0.25, 0.3) is 0 Å². The van der Waals surface area contributed by atoms with Crippen molar-refractivity contribution in [1.82, 2.24) is 4.90 Å². The number of carbonyl (C=O) groups is 3. The minimum absolute atomic E-state index is 0.0178. The van der Waals surface area contributed by atoms with Crippen LogP contribution in [0, 0.1) is 5.92 Å². The minimum atomic E-state index is -0.350. The van der Waals surface area contributed by atoms with E-state index >= 15 is 0 Å². The molecule has 1 saturated carbocycles. The molecule has 0 unspecified atom stereocenters.